The van der Waals surface area contributed by atoms with Gasteiger partial charge in [0.1, 0.15) is 0 Å². The maximum atomic E-state index is 11.8. The highest BCUT2D eigenvalue weighted by molar-refractivity contribution is 5.74. The second-order valence-corrected chi connectivity index (χ2v) is 6.08. The summed E-state index contributed by atoms with van der Waals surface area (Å²) in [5.41, 5.74) is 1.02. The first-order chi connectivity index (χ1) is 11.0. The fraction of sp³-hybridized carbons (Fsp3) is 0.529. The molecule has 2 amide bonds. The molecule has 4 N–H and O–H groups in total. The van der Waals surface area contributed by atoms with Crippen molar-refractivity contribution in [2.45, 2.75) is 44.2 Å². The summed E-state index contributed by atoms with van der Waals surface area (Å²) >= 11 is 0. The van der Waals surface area contributed by atoms with Crippen LogP contribution in [0, 0.1) is 5.92 Å². The van der Waals surface area contributed by atoms with Gasteiger partial charge in [-0.2, -0.15) is 0 Å². The van der Waals surface area contributed by atoms with E-state index in [1.54, 1.807) is 0 Å². The van der Waals surface area contributed by atoms with Gasteiger partial charge in [-0.15, -0.1) is 0 Å². The van der Waals surface area contributed by atoms with Gasteiger partial charge in [0.15, 0.2) is 0 Å². The Morgan fingerprint density at radius 2 is 1.78 bits per heavy atom. The standard InChI is InChI=1S/C17H24N2O4/c20-15(10-12-4-2-1-3-5-12)11-18-17(23)19-14-8-6-13(7-9-14)16(21)22/h1-5,13-15,20H,6-11H2,(H,21,22)(H2,18,19,23). The Labute approximate surface area is 135 Å². The topological polar surface area (TPSA) is 98.7 Å². The van der Waals surface area contributed by atoms with Crippen molar-refractivity contribution in [3.8, 4) is 0 Å². The van der Waals surface area contributed by atoms with E-state index in [2.05, 4.69) is 10.6 Å². The zero-order valence-corrected chi connectivity index (χ0v) is 13.1. The molecule has 1 aromatic rings. The molecule has 0 heterocycles. The van der Waals surface area contributed by atoms with Crippen LogP contribution in [0.1, 0.15) is 31.2 Å². The predicted molar refractivity (Wildman–Crippen MR) is 86.1 cm³/mol. The minimum atomic E-state index is -0.753. The van der Waals surface area contributed by atoms with Crippen molar-refractivity contribution in [2.24, 2.45) is 5.92 Å². The molecule has 6 heteroatoms. The van der Waals surface area contributed by atoms with Crippen LogP contribution in [0.2, 0.25) is 0 Å². The van der Waals surface area contributed by atoms with Crippen LogP contribution in [-0.2, 0) is 11.2 Å². The number of aliphatic hydroxyl groups is 1. The van der Waals surface area contributed by atoms with Crippen molar-refractivity contribution in [3.05, 3.63) is 35.9 Å². The molecule has 0 saturated heterocycles. The zero-order valence-electron chi connectivity index (χ0n) is 13.1. The molecule has 23 heavy (non-hydrogen) atoms. The summed E-state index contributed by atoms with van der Waals surface area (Å²) in [6, 6.07) is 9.31. The van der Waals surface area contributed by atoms with Gasteiger partial charge in [0.25, 0.3) is 0 Å². The van der Waals surface area contributed by atoms with Crippen LogP contribution in [0.15, 0.2) is 30.3 Å². The average Bonchev–Trinajstić information content (AvgIpc) is 2.54. The molecule has 0 spiro atoms. The summed E-state index contributed by atoms with van der Waals surface area (Å²) in [6.45, 7) is 0.186. The van der Waals surface area contributed by atoms with Gasteiger partial charge in [-0.05, 0) is 31.2 Å². The Balaban J connectivity index is 1.64. The van der Waals surface area contributed by atoms with Gasteiger partial charge in [-0.1, -0.05) is 30.3 Å². The summed E-state index contributed by atoms with van der Waals surface area (Å²) in [7, 11) is 0. The average molecular weight is 320 g/mol. The SMILES string of the molecule is O=C(NCC(O)Cc1ccccc1)NC1CCC(C(=O)O)CC1. The third kappa shape index (κ3) is 5.90. The van der Waals surface area contributed by atoms with E-state index in [0.29, 0.717) is 32.1 Å². The molecular formula is C17H24N2O4. The number of nitrogens with one attached hydrogen (secondary N) is 2. The van der Waals surface area contributed by atoms with Crippen molar-refractivity contribution >= 4 is 12.0 Å². The van der Waals surface area contributed by atoms with E-state index in [1.807, 2.05) is 30.3 Å². The Bertz CT molecular complexity index is 513. The Hall–Kier alpha value is -2.08. The largest absolute Gasteiger partial charge is 0.481 e. The lowest BCUT2D eigenvalue weighted by atomic mass is 9.86. The summed E-state index contributed by atoms with van der Waals surface area (Å²) in [5, 5.41) is 24.4. The number of hydrogen-bond acceptors (Lipinski definition) is 3. The molecule has 6 nitrogen and oxygen atoms in total. The number of urea groups is 1. The monoisotopic (exact) mass is 320 g/mol. The van der Waals surface area contributed by atoms with Crippen molar-refractivity contribution in [1.29, 1.82) is 0 Å². The van der Waals surface area contributed by atoms with E-state index < -0.39 is 12.1 Å². The molecule has 1 fully saturated rings. The van der Waals surface area contributed by atoms with Crippen molar-refractivity contribution < 1.29 is 19.8 Å². The molecule has 126 valence electrons. The molecule has 1 unspecified atom stereocenters. The lowest BCUT2D eigenvalue weighted by molar-refractivity contribution is -0.142. The molecule has 2 rings (SSSR count). The normalized spacial score (nSPS) is 22.1. The van der Waals surface area contributed by atoms with Crippen molar-refractivity contribution in [2.75, 3.05) is 6.54 Å². The highest BCUT2D eigenvalue weighted by atomic mass is 16.4. The molecule has 1 saturated carbocycles. The number of carbonyl (C=O) groups excluding carboxylic acids is 1. The summed E-state index contributed by atoms with van der Waals surface area (Å²) in [6.07, 6.45) is 2.40. The van der Waals surface area contributed by atoms with E-state index in [4.69, 9.17) is 5.11 Å². The third-order valence-corrected chi connectivity index (χ3v) is 4.22. The van der Waals surface area contributed by atoms with Gasteiger partial charge < -0.3 is 20.8 Å². The fourth-order valence-electron chi connectivity index (χ4n) is 2.89. The highest BCUT2D eigenvalue weighted by Crippen LogP contribution is 2.24. The molecule has 0 aromatic heterocycles. The predicted octanol–water partition coefficient (Wildman–Crippen LogP) is 1.53. The second-order valence-electron chi connectivity index (χ2n) is 6.08. The van der Waals surface area contributed by atoms with Gasteiger partial charge in [0, 0.05) is 19.0 Å². The van der Waals surface area contributed by atoms with Gasteiger partial charge in [0.2, 0.25) is 0 Å². The zero-order chi connectivity index (χ0) is 16.7. The van der Waals surface area contributed by atoms with E-state index in [1.165, 1.54) is 0 Å². The smallest absolute Gasteiger partial charge is 0.315 e. The Morgan fingerprint density at radius 3 is 2.39 bits per heavy atom. The maximum Gasteiger partial charge on any atom is 0.315 e. The lowest BCUT2D eigenvalue weighted by Crippen LogP contribution is -2.46. The van der Waals surface area contributed by atoms with Gasteiger partial charge in [-0.3, -0.25) is 4.79 Å². The number of carboxylic acid groups (broad SMARTS) is 1. The summed E-state index contributed by atoms with van der Waals surface area (Å²) in [5.74, 6) is -1.04. The molecule has 0 radical (unpaired) electrons. The van der Waals surface area contributed by atoms with Gasteiger partial charge >= 0.3 is 12.0 Å². The Morgan fingerprint density at radius 1 is 1.13 bits per heavy atom. The van der Waals surface area contributed by atoms with Crippen LogP contribution in [0.4, 0.5) is 4.79 Å². The molecule has 0 bridgehead atoms. The summed E-state index contributed by atoms with van der Waals surface area (Å²) < 4.78 is 0. The van der Waals surface area contributed by atoms with Crippen LogP contribution in [0.5, 0.6) is 0 Å². The second kappa shape index (κ2) is 8.53. The number of aliphatic carboxylic acids is 1. The van der Waals surface area contributed by atoms with E-state index in [0.717, 1.165) is 5.56 Å². The fourth-order valence-corrected chi connectivity index (χ4v) is 2.89. The van der Waals surface area contributed by atoms with Gasteiger partial charge in [-0.25, -0.2) is 4.79 Å². The van der Waals surface area contributed by atoms with Crippen LogP contribution in [0.3, 0.4) is 0 Å². The van der Waals surface area contributed by atoms with Crippen LogP contribution in [-0.4, -0.2) is 40.9 Å². The van der Waals surface area contributed by atoms with Crippen LogP contribution < -0.4 is 10.6 Å². The summed E-state index contributed by atoms with van der Waals surface area (Å²) in [4.78, 5) is 22.7. The van der Waals surface area contributed by atoms with Gasteiger partial charge in [0.05, 0.1) is 12.0 Å². The molecule has 0 aliphatic heterocycles. The van der Waals surface area contributed by atoms with Crippen molar-refractivity contribution in [1.82, 2.24) is 10.6 Å². The third-order valence-electron chi connectivity index (χ3n) is 4.22. The molecule has 1 aromatic carbocycles. The number of hydrogen-bond donors (Lipinski definition) is 4. The van der Waals surface area contributed by atoms with E-state index >= 15 is 0 Å². The number of carbonyl (C=O) groups is 2. The van der Waals surface area contributed by atoms with Crippen LogP contribution in [0.25, 0.3) is 0 Å². The lowest BCUT2D eigenvalue weighted by Gasteiger charge is -2.27. The molecule has 1 aliphatic carbocycles. The first kappa shape index (κ1) is 17.3. The number of amides is 2. The first-order valence-corrected chi connectivity index (χ1v) is 8.03. The molecule has 1 aliphatic rings. The van der Waals surface area contributed by atoms with E-state index in [-0.39, 0.29) is 24.5 Å². The number of carboxylic acids is 1. The molecule has 1 atom stereocenters. The molecular weight excluding hydrogens is 296 g/mol. The quantitative estimate of drug-likeness (QED) is 0.639. The highest BCUT2D eigenvalue weighted by Gasteiger charge is 2.26. The van der Waals surface area contributed by atoms with E-state index in [9.17, 15) is 14.7 Å². The number of aliphatic hydroxyl groups excluding tert-OH is 1. The first-order valence-electron chi connectivity index (χ1n) is 8.03. The Kier molecular flexibility index (Phi) is 6.40. The van der Waals surface area contributed by atoms with Crippen LogP contribution >= 0.6 is 0 Å². The minimum absolute atomic E-state index is 0.0110. The number of rotatable bonds is 6. The number of benzene rings is 1. The minimum Gasteiger partial charge on any atom is -0.481 e. The maximum absolute atomic E-state index is 11.8. The van der Waals surface area contributed by atoms with Crippen molar-refractivity contribution in [3.63, 3.8) is 0 Å².